The summed E-state index contributed by atoms with van der Waals surface area (Å²) >= 11 is 0. The predicted molar refractivity (Wildman–Crippen MR) is 57.9 cm³/mol. The Labute approximate surface area is 109 Å². The molecule has 1 aliphatic rings. The number of hydrogen-bond donors (Lipinski definition) is 0. The Morgan fingerprint density at radius 3 is 2.74 bits per heavy atom. The van der Waals surface area contributed by atoms with E-state index in [4.69, 9.17) is 17.4 Å². The van der Waals surface area contributed by atoms with E-state index in [9.17, 15) is 21.6 Å². The van der Waals surface area contributed by atoms with Crippen LogP contribution in [0.3, 0.4) is 0 Å². The van der Waals surface area contributed by atoms with Crippen molar-refractivity contribution in [2.75, 3.05) is 0 Å². The summed E-state index contributed by atoms with van der Waals surface area (Å²) < 4.78 is 82.3. The van der Waals surface area contributed by atoms with Gasteiger partial charge >= 0.3 is 25.6 Å². The molecular formula is C6H7F3O7SSi2. The summed E-state index contributed by atoms with van der Waals surface area (Å²) in [6, 6.07) is 0. The lowest BCUT2D eigenvalue weighted by Crippen LogP contribution is -2.28. The van der Waals surface area contributed by atoms with Crippen LogP contribution in [-0.4, -0.2) is 33.9 Å². The van der Waals surface area contributed by atoms with Crippen LogP contribution >= 0.6 is 0 Å². The van der Waals surface area contributed by atoms with E-state index >= 15 is 0 Å². The minimum atomic E-state index is -5.77. The molecular weight excluding hydrogens is 329 g/mol. The lowest BCUT2D eigenvalue weighted by Gasteiger charge is -2.13. The number of fused-ring (bicyclic) bond motifs is 1. The monoisotopic (exact) mass is 336 g/mol. The Morgan fingerprint density at radius 2 is 2.05 bits per heavy atom. The summed E-state index contributed by atoms with van der Waals surface area (Å²) in [7, 11) is -8.49. The lowest BCUT2D eigenvalue weighted by molar-refractivity contribution is -0.0500. The molecule has 0 atom stereocenters. The smallest absolute Gasteiger partial charge is 0.520 e. The molecule has 2 heterocycles. The lowest BCUT2D eigenvalue weighted by atomic mass is 10.4. The highest BCUT2D eigenvalue weighted by atomic mass is 32.2. The molecule has 19 heavy (non-hydrogen) atoms. The van der Waals surface area contributed by atoms with Crippen LogP contribution in [0.4, 0.5) is 13.2 Å². The van der Waals surface area contributed by atoms with Crippen molar-refractivity contribution in [3.05, 3.63) is 12.0 Å². The first-order valence-corrected chi connectivity index (χ1v) is 8.42. The van der Waals surface area contributed by atoms with E-state index in [1.165, 1.54) is 0 Å². The average molecular weight is 336 g/mol. The molecule has 1 aromatic heterocycles. The van der Waals surface area contributed by atoms with Gasteiger partial charge in [0.15, 0.2) is 11.5 Å². The highest BCUT2D eigenvalue weighted by Gasteiger charge is 2.49. The molecule has 0 spiro atoms. The molecule has 0 N–H and O–H groups in total. The number of rotatable bonds is 2. The van der Waals surface area contributed by atoms with Gasteiger partial charge in [-0.1, -0.05) is 0 Å². The minimum Gasteiger partial charge on any atom is -0.520 e. The van der Waals surface area contributed by atoms with E-state index in [0.717, 1.165) is 6.26 Å². The fraction of sp³-hybridized carbons (Fsp3) is 0.333. The van der Waals surface area contributed by atoms with Crippen LogP contribution in [0.25, 0.3) is 0 Å². The van der Waals surface area contributed by atoms with Gasteiger partial charge in [-0.15, -0.1) is 0 Å². The second-order valence-corrected chi connectivity index (χ2v) is 7.61. The second kappa shape index (κ2) is 5.16. The molecule has 0 aromatic carbocycles. The molecule has 0 amide bonds. The SMILES string of the molecule is O=S(=O)(Oc1coc2c1O[SiH2]O[SiH2]OC2)C(F)(F)F. The Balaban J connectivity index is 2.27. The first kappa shape index (κ1) is 14.4. The van der Waals surface area contributed by atoms with Crippen molar-refractivity contribution in [3.8, 4) is 11.5 Å². The largest absolute Gasteiger partial charge is 0.534 e. The molecule has 0 saturated carbocycles. The van der Waals surface area contributed by atoms with Gasteiger partial charge in [0.25, 0.3) is 10.0 Å². The van der Waals surface area contributed by atoms with E-state index in [1.807, 2.05) is 0 Å². The van der Waals surface area contributed by atoms with Gasteiger partial charge in [0.05, 0.1) is 6.61 Å². The summed E-state index contributed by atoms with van der Waals surface area (Å²) in [6.45, 7) is -0.0780. The molecule has 1 aliphatic heterocycles. The molecule has 2 rings (SSSR count). The van der Waals surface area contributed by atoms with Crippen LogP contribution in [-0.2, 0) is 25.3 Å². The predicted octanol–water partition coefficient (Wildman–Crippen LogP) is -0.569. The Morgan fingerprint density at radius 1 is 1.32 bits per heavy atom. The summed E-state index contributed by atoms with van der Waals surface area (Å²) in [6.07, 6.45) is 0.721. The number of alkyl halides is 3. The van der Waals surface area contributed by atoms with Gasteiger partial charge in [0.2, 0.25) is 5.75 Å². The van der Waals surface area contributed by atoms with E-state index in [0.29, 0.717) is 0 Å². The maximum atomic E-state index is 12.2. The minimum absolute atomic E-state index is 0.0654. The molecule has 1 aromatic rings. The molecule has 0 aliphatic carbocycles. The number of halogens is 3. The molecule has 7 nitrogen and oxygen atoms in total. The molecule has 0 bridgehead atoms. The maximum absolute atomic E-state index is 12.2. The van der Waals surface area contributed by atoms with Crippen LogP contribution < -0.4 is 8.61 Å². The Kier molecular flexibility index (Phi) is 3.91. The van der Waals surface area contributed by atoms with Crippen LogP contribution in [0.5, 0.6) is 11.5 Å². The first-order valence-electron chi connectivity index (χ1n) is 4.70. The summed E-state index contributed by atoms with van der Waals surface area (Å²) in [5.74, 6) is -0.834. The summed E-state index contributed by atoms with van der Waals surface area (Å²) in [5, 5.41) is 0. The van der Waals surface area contributed by atoms with E-state index in [-0.39, 0.29) is 18.1 Å². The van der Waals surface area contributed by atoms with Gasteiger partial charge in [0, 0.05) is 0 Å². The third-order valence-electron chi connectivity index (χ3n) is 1.95. The fourth-order valence-corrected chi connectivity index (χ4v) is 3.38. The Bertz CT molecular complexity index is 554. The van der Waals surface area contributed by atoms with Crippen molar-refractivity contribution < 1.29 is 43.2 Å². The molecule has 108 valence electrons. The molecule has 0 unspecified atom stereocenters. The molecule has 0 fully saturated rings. The van der Waals surface area contributed by atoms with Crippen LogP contribution in [0.15, 0.2) is 10.7 Å². The van der Waals surface area contributed by atoms with Crippen molar-refractivity contribution in [1.82, 2.24) is 0 Å². The average Bonchev–Trinajstić information content (AvgIpc) is 2.57. The van der Waals surface area contributed by atoms with E-state index in [2.05, 4.69) is 4.18 Å². The third-order valence-corrected chi connectivity index (χ3v) is 5.03. The van der Waals surface area contributed by atoms with Crippen LogP contribution in [0.2, 0.25) is 0 Å². The van der Waals surface area contributed by atoms with Crippen molar-refractivity contribution >= 4 is 30.1 Å². The van der Waals surface area contributed by atoms with Crippen molar-refractivity contribution in [2.24, 2.45) is 0 Å². The maximum Gasteiger partial charge on any atom is 0.534 e. The molecule has 13 heteroatoms. The zero-order chi connectivity index (χ0) is 14.1. The fourth-order valence-electron chi connectivity index (χ4n) is 1.17. The van der Waals surface area contributed by atoms with Crippen LogP contribution in [0.1, 0.15) is 5.76 Å². The van der Waals surface area contributed by atoms with Gasteiger partial charge in [-0.2, -0.15) is 21.6 Å². The molecule has 0 radical (unpaired) electrons. The zero-order valence-corrected chi connectivity index (χ0v) is 12.7. The highest BCUT2D eigenvalue weighted by molar-refractivity contribution is 7.88. The van der Waals surface area contributed by atoms with Gasteiger partial charge < -0.3 is 21.6 Å². The quantitative estimate of drug-likeness (QED) is 0.406. The van der Waals surface area contributed by atoms with E-state index in [1.54, 1.807) is 0 Å². The van der Waals surface area contributed by atoms with Crippen molar-refractivity contribution in [1.29, 1.82) is 0 Å². The molecule has 0 saturated heterocycles. The Hall–Kier alpha value is -1.03. The summed E-state index contributed by atoms with van der Waals surface area (Å²) in [4.78, 5) is 0. The normalized spacial score (nSPS) is 19.5. The standard InChI is InChI=1S/C6H7F3O7SSi2/c7-6(8,9)17(10,11)14-4-1-12-3-2-13-18-16-19-15-5(3)4/h1H,2,18-19H2. The van der Waals surface area contributed by atoms with Gasteiger partial charge in [-0.3, -0.25) is 0 Å². The van der Waals surface area contributed by atoms with E-state index < -0.39 is 41.4 Å². The highest BCUT2D eigenvalue weighted by Crippen LogP contribution is 2.37. The van der Waals surface area contributed by atoms with Gasteiger partial charge in [-0.05, 0) is 0 Å². The number of hydrogen-bond acceptors (Lipinski definition) is 7. The third kappa shape index (κ3) is 3.11. The second-order valence-electron chi connectivity index (χ2n) is 3.27. The van der Waals surface area contributed by atoms with Crippen molar-refractivity contribution in [2.45, 2.75) is 12.1 Å². The van der Waals surface area contributed by atoms with Crippen LogP contribution in [0, 0.1) is 0 Å². The van der Waals surface area contributed by atoms with Gasteiger partial charge in [0.1, 0.15) is 6.26 Å². The zero-order valence-electron chi connectivity index (χ0n) is 9.10. The van der Waals surface area contributed by atoms with Crippen molar-refractivity contribution in [3.63, 3.8) is 0 Å². The summed E-state index contributed by atoms with van der Waals surface area (Å²) in [5.41, 5.74) is -5.53. The van der Waals surface area contributed by atoms with Gasteiger partial charge in [-0.25, -0.2) is 0 Å². The topological polar surface area (TPSA) is 84.2 Å². The number of furan rings is 1. The first-order chi connectivity index (χ1) is 8.81.